The van der Waals surface area contributed by atoms with Gasteiger partial charge in [0.05, 0.1) is 4.92 Å². The Labute approximate surface area is 88.9 Å². The lowest BCUT2D eigenvalue weighted by atomic mass is 10.4. The molecule has 0 radical (unpaired) electrons. The minimum atomic E-state index is -0.577. The molecule has 0 amide bonds. The van der Waals surface area contributed by atoms with Crippen LogP contribution in [0.4, 0.5) is 5.69 Å². The molecule has 8 heteroatoms. The Morgan fingerprint density at radius 1 is 1.44 bits per heavy atom. The van der Waals surface area contributed by atoms with Crippen molar-refractivity contribution in [3.05, 3.63) is 40.6 Å². The molecular formula is C8H4N6O2. The Hall–Kier alpha value is -2.82. The van der Waals surface area contributed by atoms with Gasteiger partial charge in [0.2, 0.25) is 0 Å². The molecule has 16 heavy (non-hydrogen) atoms. The molecule has 2 aromatic heterocycles. The molecule has 0 saturated heterocycles. The van der Waals surface area contributed by atoms with E-state index in [0.717, 1.165) is 10.9 Å². The highest BCUT2D eigenvalue weighted by Crippen LogP contribution is 2.13. The molecule has 0 bridgehead atoms. The van der Waals surface area contributed by atoms with E-state index in [9.17, 15) is 10.1 Å². The first-order valence-electron chi connectivity index (χ1n) is 4.13. The van der Waals surface area contributed by atoms with Gasteiger partial charge >= 0.3 is 5.69 Å². The highest BCUT2D eigenvalue weighted by atomic mass is 16.6. The molecule has 2 rings (SSSR count). The van der Waals surface area contributed by atoms with E-state index in [-0.39, 0.29) is 17.2 Å². The fourth-order valence-electron chi connectivity index (χ4n) is 1.10. The number of aromatic nitrogens is 4. The van der Waals surface area contributed by atoms with Crippen LogP contribution in [-0.4, -0.2) is 24.7 Å². The lowest BCUT2D eigenvalue weighted by Gasteiger charge is -1.98. The first-order chi connectivity index (χ1) is 7.72. The van der Waals surface area contributed by atoms with E-state index in [4.69, 9.17) is 5.26 Å². The van der Waals surface area contributed by atoms with Gasteiger partial charge in [-0.15, -0.1) is 0 Å². The molecule has 0 spiro atoms. The smallest absolute Gasteiger partial charge is 0.258 e. The Morgan fingerprint density at radius 2 is 2.19 bits per heavy atom. The fraction of sp³-hybridized carbons (Fsp3) is 0. The highest BCUT2D eigenvalue weighted by Gasteiger charge is 2.13. The standard InChI is InChI=1S/C8H4N6O2/c9-3-7-8(11-2-1-10-7)13-5-6(4-12-13)14(15)16/h1-2,4-5H. The van der Waals surface area contributed by atoms with Crippen LogP contribution in [0.15, 0.2) is 24.8 Å². The van der Waals surface area contributed by atoms with Crippen LogP contribution in [0.3, 0.4) is 0 Å². The monoisotopic (exact) mass is 216 g/mol. The molecule has 2 aromatic rings. The van der Waals surface area contributed by atoms with Crippen molar-refractivity contribution in [2.24, 2.45) is 0 Å². The largest absolute Gasteiger partial charge is 0.307 e. The molecule has 0 atom stereocenters. The van der Waals surface area contributed by atoms with Gasteiger partial charge in [-0.05, 0) is 0 Å². The zero-order chi connectivity index (χ0) is 11.5. The molecule has 78 valence electrons. The van der Waals surface area contributed by atoms with Gasteiger partial charge in [0, 0.05) is 12.4 Å². The van der Waals surface area contributed by atoms with Crippen molar-refractivity contribution in [1.82, 2.24) is 19.7 Å². The molecule has 8 nitrogen and oxygen atoms in total. The number of nitro groups is 1. The van der Waals surface area contributed by atoms with Crippen LogP contribution in [-0.2, 0) is 0 Å². The van der Waals surface area contributed by atoms with E-state index in [1.807, 2.05) is 6.07 Å². The molecule has 0 unspecified atom stereocenters. The predicted octanol–water partition coefficient (Wildman–Crippen LogP) is 0.442. The summed E-state index contributed by atoms with van der Waals surface area (Å²) >= 11 is 0. The van der Waals surface area contributed by atoms with Crippen molar-refractivity contribution in [2.45, 2.75) is 0 Å². The van der Waals surface area contributed by atoms with Crippen molar-refractivity contribution in [2.75, 3.05) is 0 Å². The first-order valence-corrected chi connectivity index (χ1v) is 4.13. The normalized spacial score (nSPS) is 9.69. The molecule has 0 saturated carbocycles. The zero-order valence-corrected chi connectivity index (χ0v) is 7.81. The number of hydrogen-bond donors (Lipinski definition) is 0. The zero-order valence-electron chi connectivity index (χ0n) is 7.81. The fourth-order valence-corrected chi connectivity index (χ4v) is 1.10. The van der Waals surface area contributed by atoms with Gasteiger partial charge in [0.1, 0.15) is 18.5 Å². The van der Waals surface area contributed by atoms with E-state index in [1.165, 1.54) is 18.6 Å². The summed E-state index contributed by atoms with van der Waals surface area (Å²) in [7, 11) is 0. The number of hydrogen-bond acceptors (Lipinski definition) is 6. The Morgan fingerprint density at radius 3 is 2.81 bits per heavy atom. The predicted molar refractivity (Wildman–Crippen MR) is 50.5 cm³/mol. The van der Waals surface area contributed by atoms with Crippen molar-refractivity contribution >= 4 is 5.69 Å². The minimum absolute atomic E-state index is 0.0560. The molecule has 0 aliphatic heterocycles. The Kier molecular flexibility index (Phi) is 2.27. The molecule has 0 aromatic carbocycles. The average Bonchev–Trinajstić information content (AvgIpc) is 2.78. The summed E-state index contributed by atoms with van der Waals surface area (Å²) in [5.74, 6) is 0.165. The SMILES string of the molecule is N#Cc1nccnc1-n1cc([N+](=O)[O-])cn1. The molecular weight excluding hydrogens is 212 g/mol. The first kappa shape index (κ1) is 9.72. The Balaban J connectivity index is 2.51. The van der Waals surface area contributed by atoms with Gasteiger partial charge in [-0.25, -0.2) is 14.6 Å². The van der Waals surface area contributed by atoms with Crippen LogP contribution < -0.4 is 0 Å². The van der Waals surface area contributed by atoms with Crippen LogP contribution in [0.5, 0.6) is 0 Å². The lowest BCUT2D eigenvalue weighted by Crippen LogP contribution is -2.02. The van der Waals surface area contributed by atoms with Crippen LogP contribution in [0.25, 0.3) is 5.82 Å². The summed E-state index contributed by atoms with van der Waals surface area (Å²) in [6.07, 6.45) is 4.99. The van der Waals surface area contributed by atoms with Gasteiger partial charge < -0.3 is 0 Å². The molecule has 0 aliphatic rings. The average molecular weight is 216 g/mol. The minimum Gasteiger partial charge on any atom is -0.258 e. The van der Waals surface area contributed by atoms with E-state index in [1.54, 1.807) is 0 Å². The third-order valence-corrected chi connectivity index (χ3v) is 1.78. The highest BCUT2D eigenvalue weighted by molar-refractivity contribution is 5.38. The van der Waals surface area contributed by atoms with Gasteiger partial charge in [-0.2, -0.15) is 10.4 Å². The van der Waals surface area contributed by atoms with Crippen molar-refractivity contribution in [3.8, 4) is 11.9 Å². The van der Waals surface area contributed by atoms with Crippen molar-refractivity contribution in [1.29, 1.82) is 5.26 Å². The van der Waals surface area contributed by atoms with Crippen LogP contribution in [0.1, 0.15) is 5.69 Å². The quantitative estimate of drug-likeness (QED) is 0.532. The summed E-state index contributed by atoms with van der Waals surface area (Å²) < 4.78 is 1.14. The maximum atomic E-state index is 10.5. The molecule has 0 N–H and O–H groups in total. The van der Waals surface area contributed by atoms with Crippen LogP contribution in [0, 0.1) is 21.4 Å². The van der Waals surface area contributed by atoms with Crippen LogP contribution in [0.2, 0.25) is 0 Å². The summed E-state index contributed by atoms with van der Waals surface area (Å²) in [6, 6.07) is 1.83. The third kappa shape index (κ3) is 1.57. The van der Waals surface area contributed by atoms with Gasteiger partial charge in [0.25, 0.3) is 0 Å². The lowest BCUT2D eigenvalue weighted by molar-refractivity contribution is -0.384. The summed E-state index contributed by atoms with van der Waals surface area (Å²) in [5.41, 5.74) is -0.116. The summed E-state index contributed by atoms with van der Waals surface area (Å²) in [6.45, 7) is 0. The Bertz CT molecular complexity index is 584. The molecule has 0 aliphatic carbocycles. The number of nitrogens with zero attached hydrogens (tertiary/aromatic N) is 6. The van der Waals surface area contributed by atoms with Crippen LogP contribution >= 0.6 is 0 Å². The second-order valence-corrected chi connectivity index (χ2v) is 2.74. The van der Waals surface area contributed by atoms with E-state index >= 15 is 0 Å². The maximum absolute atomic E-state index is 10.5. The van der Waals surface area contributed by atoms with Crippen molar-refractivity contribution in [3.63, 3.8) is 0 Å². The second-order valence-electron chi connectivity index (χ2n) is 2.74. The van der Waals surface area contributed by atoms with Gasteiger partial charge in [0.15, 0.2) is 11.5 Å². The van der Waals surface area contributed by atoms with E-state index in [2.05, 4.69) is 15.1 Å². The topological polar surface area (TPSA) is 111 Å². The number of rotatable bonds is 2. The molecule has 2 heterocycles. The van der Waals surface area contributed by atoms with Gasteiger partial charge in [-0.1, -0.05) is 0 Å². The summed E-state index contributed by atoms with van der Waals surface area (Å²) in [4.78, 5) is 17.5. The van der Waals surface area contributed by atoms with Crippen molar-refractivity contribution < 1.29 is 4.92 Å². The maximum Gasteiger partial charge on any atom is 0.307 e. The van der Waals surface area contributed by atoms with Gasteiger partial charge in [-0.3, -0.25) is 10.1 Å². The van der Waals surface area contributed by atoms with E-state index in [0.29, 0.717) is 0 Å². The summed E-state index contributed by atoms with van der Waals surface area (Å²) in [5, 5.41) is 23.0. The molecule has 0 fully saturated rings. The second kappa shape index (κ2) is 3.74. The van der Waals surface area contributed by atoms with E-state index < -0.39 is 4.92 Å². The third-order valence-electron chi connectivity index (χ3n) is 1.78. The number of nitriles is 1.